The average Bonchev–Trinajstić information content (AvgIpc) is 2.42. The van der Waals surface area contributed by atoms with Crippen LogP contribution in [0.3, 0.4) is 0 Å². The summed E-state index contributed by atoms with van der Waals surface area (Å²) < 4.78 is 14.7. The van der Waals surface area contributed by atoms with Crippen LogP contribution in [0.25, 0.3) is 0 Å². The smallest absolute Gasteiger partial charge is 0.128 e. The van der Waals surface area contributed by atoms with Gasteiger partial charge in [0.1, 0.15) is 5.82 Å². The molecule has 0 radical (unpaired) electrons. The van der Waals surface area contributed by atoms with Gasteiger partial charge in [-0.3, -0.25) is 0 Å². The summed E-state index contributed by atoms with van der Waals surface area (Å²) in [6.45, 7) is 4.01. The van der Waals surface area contributed by atoms with Crippen molar-refractivity contribution in [3.05, 3.63) is 68.9 Å². The molecule has 106 valence electrons. The second-order valence-corrected chi connectivity index (χ2v) is 6.18. The first kappa shape index (κ1) is 15.5. The van der Waals surface area contributed by atoms with E-state index in [1.54, 1.807) is 6.07 Å². The van der Waals surface area contributed by atoms with Crippen LogP contribution in [0.2, 0.25) is 5.02 Å². The quantitative estimate of drug-likeness (QED) is 0.746. The van der Waals surface area contributed by atoms with Crippen molar-refractivity contribution in [1.82, 2.24) is 5.32 Å². The summed E-state index contributed by atoms with van der Waals surface area (Å²) in [4.78, 5) is 0. The number of halogens is 3. The van der Waals surface area contributed by atoms with Crippen molar-refractivity contribution >= 4 is 27.5 Å². The van der Waals surface area contributed by atoms with Crippen molar-refractivity contribution in [3.8, 4) is 0 Å². The van der Waals surface area contributed by atoms with Gasteiger partial charge in [0.05, 0.1) is 0 Å². The van der Waals surface area contributed by atoms with E-state index < -0.39 is 0 Å². The van der Waals surface area contributed by atoms with E-state index in [0.29, 0.717) is 10.6 Å². The molecule has 0 bridgehead atoms. The third-order valence-electron chi connectivity index (χ3n) is 3.29. The molecule has 0 aliphatic heterocycles. The lowest BCUT2D eigenvalue weighted by molar-refractivity contribution is 0.474. The maximum Gasteiger partial charge on any atom is 0.128 e. The molecular weight excluding hydrogens is 341 g/mol. The molecule has 2 rings (SSSR count). The average molecular weight is 357 g/mol. The molecule has 1 nitrogen and oxygen atoms in total. The zero-order valence-electron chi connectivity index (χ0n) is 11.3. The minimum absolute atomic E-state index is 0.0850. The first-order valence-corrected chi connectivity index (χ1v) is 7.61. The van der Waals surface area contributed by atoms with E-state index in [4.69, 9.17) is 11.6 Å². The van der Waals surface area contributed by atoms with E-state index in [9.17, 15) is 4.39 Å². The van der Waals surface area contributed by atoms with Crippen molar-refractivity contribution in [2.24, 2.45) is 0 Å². The first-order chi connectivity index (χ1) is 9.47. The molecule has 2 aromatic rings. The third kappa shape index (κ3) is 3.81. The van der Waals surface area contributed by atoms with E-state index in [1.165, 1.54) is 6.07 Å². The first-order valence-electron chi connectivity index (χ1n) is 6.44. The van der Waals surface area contributed by atoms with Gasteiger partial charge in [0.25, 0.3) is 0 Å². The number of hydrogen-bond acceptors (Lipinski definition) is 1. The Morgan fingerprint density at radius 3 is 2.35 bits per heavy atom. The predicted octanol–water partition coefficient (Wildman–Crippen LogP) is 5.65. The maximum atomic E-state index is 13.8. The Hall–Kier alpha value is -0.900. The number of hydrogen-bond donors (Lipinski definition) is 1. The molecule has 2 aromatic carbocycles. The summed E-state index contributed by atoms with van der Waals surface area (Å²) in [6.07, 6.45) is 0. The Balaban J connectivity index is 2.12. The van der Waals surface area contributed by atoms with E-state index in [-0.39, 0.29) is 17.9 Å². The fourth-order valence-corrected chi connectivity index (χ4v) is 2.66. The molecular formula is C16H16BrClFN. The summed E-state index contributed by atoms with van der Waals surface area (Å²) >= 11 is 9.26. The fourth-order valence-electron chi connectivity index (χ4n) is 2.16. The molecule has 0 heterocycles. The van der Waals surface area contributed by atoms with Crippen LogP contribution in [0.5, 0.6) is 0 Å². The summed E-state index contributed by atoms with van der Waals surface area (Å²) in [7, 11) is 0. The Morgan fingerprint density at radius 1 is 1.05 bits per heavy atom. The number of benzene rings is 2. The lowest BCUT2D eigenvalue weighted by Gasteiger charge is -2.21. The van der Waals surface area contributed by atoms with Crippen molar-refractivity contribution in [1.29, 1.82) is 0 Å². The van der Waals surface area contributed by atoms with Crippen molar-refractivity contribution in [2.45, 2.75) is 25.9 Å². The molecule has 0 aliphatic carbocycles. The van der Waals surface area contributed by atoms with E-state index >= 15 is 0 Å². The van der Waals surface area contributed by atoms with Gasteiger partial charge in [-0.1, -0.05) is 39.7 Å². The summed E-state index contributed by atoms with van der Waals surface area (Å²) in [5.41, 5.74) is 1.77. The molecule has 0 amide bonds. The van der Waals surface area contributed by atoms with Crippen LogP contribution >= 0.6 is 27.5 Å². The van der Waals surface area contributed by atoms with Crippen LogP contribution in [-0.4, -0.2) is 0 Å². The van der Waals surface area contributed by atoms with Gasteiger partial charge in [-0.15, -0.1) is 0 Å². The predicted molar refractivity (Wildman–Crippen MR) is 85.5 cm³/mol. The van der Waals surface area contributed by atoms with Crippen LogP contribution in [0, 0.1) is 5.82 Å². The SMILES string of the molecule is CC(N[C@@H](C)c1ccc(Cl)cc1)c1cc(Br)ccc1F. The van der Waals surface area contributed by atoms with Crippen molar-refractivity contribution in [3.63, 3.8) is 0 Å². The van der Waals surface area contributed by atoms with Gasteiger partial charge in [-0.05, 0) is 49.7 Å². The lowest BCUT2D eigenvalue weighted by atomic mass is 10.0. The Morgan fingerprint density at radius 2 is 1.70 bits per heavy atom. The fraction of sp³-hybridized carbons (Fsp3) is 0.250. The Bertz CT molecular complexity index is 586. The molecule has 2 atom stereocenters. The molecule has 1 unspecified atom stereocenters. The molecule has 0 saturated carbocycles. The summed E-state index contributed by atoms with van der Waals surface area (Å²) in [5.74, 6) is -0.198. The van der Waals surface area contributed by atoms with Crippen LogP contribution < -0.4 is 5.32 Å². The molecule has 0 aliphatic rings. The van der Waals surface area contributed by atoms with Gasteiger partial charge in [-0.25, -0.2) is 4.39 Å². The standard InChI is InChI=1S/C16H16BrClFN/c1-10(12-3-6-14(18)7-4-12)20-11(2)15-9-13(17)5-8-16(15)19/h3-11,20H,1-2H3/t10-,11?/m0/s1. The van der Waals surface area contributed by atoms with Crippen molar-refractivity contribution in [2.75, 3.05) is 0 Å². The highest BCUT2D eigenvalue weighted by atomic mass is 79.9. The Labute approximate surface area is 132 Å². The number of rotatable bonds is 4. The summed E-state index contributed by atoms with van der Waals surface area (Å²) in [5, 5.41) is 4.11. The zero-order valence-corrected chi connectivity index (χ0v) is 13.7. The van der Waals surface area contributed by atoms with Gasteiger partial charge in [0.2, 0.25) is 0 Å². The minimum atomic E-state index is -0.198. The maximum absolute atomic E-state index is 13.8. The summed E-state index contributed by atoms with van der Waals surface area (Å²) in [6, 6.07) is 12.7. The lowest BCUT2D eigenvalue weighted by Crippen LogP contribution is -2.23. The van der Waals surface area contributed by atoms with Gasteiger partial charge in [0.15, 0.2) is 0 Å². The molecule has 20 heavy (non-hydrogen) atoms. The van der Waals surface area contributed by atoms with Gasteiger partial charge in [-0.2, -0.15) is 0 Å². The van der Waals surface area contributed by atoms with Gasteiger partial charge in [0, 0.05) is 27.1 Å². The zero-order chi connectivity index (χ0) is 14.7. The van der Waals surface area contributed by atoms with Crippen molar-refractivity contribution < 1.29 is 4.39 Å². The molecule has 4 heteroatoms. The van der Waals surface area contributed by atoms with E-state index in [2.05, 4.69) is 28.2 Å². The van der Waals surface area contributed by atoms with Crippen LogP contribution in [-0.2, 0) is 0 Å². The molecule has 0 saturated heterocycles. The normalized spacial score (nSPS) is 14.1. The van der Waals surface area contributed by atoms with Crippen LogP contribution in [0.4, 0.5) is 4.39 Å². The second kappa shape index (κ2) is 6.70. The van der Waals surface area contributed by atoms with E-state index in [1.807, 2.05) is 37.3 Å². The minimum Gasteiger partial charge on any atom is -0.304 e. The highest BCUT2D eigenvalue weighted by molar-refractivity contribution is 9.10. The highest BCUT2D eigenvalue weighted by Crippen LogP contribution is 2.25. The monoisotopic (exact) mass is 355 g/mol. The highest BCUT2D eigenvalue weighted by Gasteiger charge is 2.14. The van der Waals surface area contributed by atoms with Crippen LogP contribution in [0.15, 0.2) is 46.9 Å². The van der Waals surface area contributed by atoms with Gasteiger partial charge < -0.3 is 5.32 Å². The molecule has 1 N–H and O–H groups in total. The Kier molecular flexibility index (Phi) is 5.19. The molecule has 0 aromatic heterocycles. The molecule has 0 fully saturated rings. The van der Waals surface area contributed by atoms with Gasteiger partial charge >= 0.3 is 0 Å². The topological polar surface area (TPSA) is 12.0 Å². The molecule has 0 spiro atoms. The van der Waals surface area contributed by atoms with E-state index in [0.717, 1.165) is 10.0 Å². The number of nitrogens with one attached hydrogen (secondary N) is 1. The largest absolute Gasteiger partial charge is 0.304 e. The second-order valence-electron chi connectivity index (χ2n) is 4.83. The van der Waals surface area contributed by atoms with Crippen LogP contribution in [0.1, 0.15) is 37.1 Å². The third-order valence-corrected chi connectivity index (χ3v) is 4.04.